The van der Waals surface area contributed by atoms with E-state index >= 15 is 0 Å². The normalized spacial score (nSPS) is 24.4. The van der Waals surface area contributed by atoms with E-state index in [2.05, 4.69) is 10.6 Å². The Morgan fingerprint density at radius 2 is 1.83 bits per heavy atom. The number of urea groups is 1. The molecule has 1 fully saturated rings. The van der Waals surface area contributed by atoms with Gasteiger partial charge in [-0.2, -0.15) is 13.2 Å². The number of hydrogen-bond donors (Lipinski definition) is 4. The molecular formula is C19H17F3N2O5. The predicted octanol–water partition coefficient (Wildman–Crippen LogP) is 2.35. The molecule has 1 saturated heterocycles. The van der Waals surface area contributed by atoms with Crippen LogP contribution in [0.1, 0.15) is 17.2 Å². The lowest BCUT2D eigenvalue weighted by molar-refractivity contribution is -0.190. The monoisotopic (exact) mass is 410 g/mol. The second-order valence-corrected chi connectivity index (χ2v) is 6.48. The highest BCUT2D eigenvalue weighted by molar-refractivity contribution is 5.91. The van der Waals surface area contributed by atoms with Crippen molar-refractivity contribution in [3.63, 3.8) is 0 Å². The molecule has 2 amide bonds. The minimum absolute atomic E-state index is 0.0338. The van der Waals surface area contributed by atoms with Crippen molar-refractivity contribution in [1.29, 1.82) is 0 Å². The zero-order valence-corrected chi connectivity index (χ0v) is 15.0. The third-order valence-electron chi connectivity index (χ3n) is 4.71. The highest BCUT2D eigenvalue weighted by Crippen LogP contribution is 2.44. The van der Waals surface area contributed by atoms with Crippen LogP contribution in [-0.2, 0) is 10.5 Å². The number of Topliss-reactive ketones (excluding diaryl/α,β-unsaturated/α-hetero) is 1. The first-order chi connectivity index (χ1) is 13.6. The standard InChI is InChI=1S/C19H17F3N2O5/c1-29-13-9-10(7-8-12(13)25)15-14(16(26)19(20,21)22)18(28,24-17(27)23-15)11-5-3-2-4-6-11/h2-9,14-15,25,28H,1H3,(H2,23,24,27)/t14-,15+,18-/m1/s1. The number of phenolic OH excluding ortho intramolecular Hbond substituents is 1. The fraction of sp³-hybridized carbons (Fsp3) is 0.263. The van der Waals surface area contributed by atoms with Gasteiger partial charge in [0, 0.05) is 5.56 Å². The van der Waals surface area contributed by atoms with Crippen LogP contribution in [0.2, 0.25) is 0 Å². The molecule has 4 N–H and O–H groups in total. The fourth-order valence-electron chi connectivity index (χ4n) is 3.38. The molecular weight excluding hydrogens is 393 g/mol. The summed E-state index contributed by atoms with van der Waals surface area (Å²) < 4.78 is 45.2. The molecule has 0 aromatic heterocycles. The number of carbonyl (C=O) groups is 2. The van der Waals surface area contributed by atoms with Crippen molar-refractivity contribution in [2.45, 2.75) is 17.9 Å². The Morgan fingerprint density at radius 3 is 2.41 bits per heavy atom. The molecule has 7 nitrogen and oxygen atoms in total. The minimum atomic E-state index is -5.28. The first kappa shape index (κ1) is 20.5. The maximum atomic E-state index is 13.4. The number of aliphatic hydroxyl groups is 1. The maximum absolute atomic E-state index is 13.4. The number of aromatic hydroxyl groups is 1. The van der Waals surface area contributed by atoms with Crippen molar-refractivity contribution in [2.75, 3.05) is 7.11 Å². The Morgan fingerprint density at radius 1 is 1.17 bits per heavy atom. The molecule has 10 heteroatoms. The van der Waals surface area contributed by atoms with Gasteiger partial charge in [0.25, 0.3) is 0 Å². The molecule has 3 rings (SSSR count). The van der Waals surface area contributed by atoms with Gasteiger partial charge < -0.3 is 25.6 Å². The van der Waals surface area contributed by atoms with E-state index in [1.807, 2.05) is 0 Å². The van der Waals surface area contributed by atoms with E-state index in [1.54, 1.807) is 6.07 Å². The van der Waals surface area contributed by atoms with Gasteiger partial charge in [-0.25, -0.2) is 4.79 Å². The Bertz CT molecular complexity index is 935. The van der Waals surface area contributed by atoms with E-state index in [1.165, 1.54) is 43.5 Å². The molecule has 0 radical (unpaired) electrons. The van der Waals surface area contributed by atoms with E-state index in [9.17, 15) is 33.0 Å². The number of amides is 2. The summed E-state index contributed by atoms with van der Waals surface area (Å²) in [6.45, 7) is 0. The third-order valence-corrected chi connectivity index (χ3v) is 4.71. The summed E-state index contributed by atoms with van der Waals surface area (Å²) in [5, 5.41) is 25.2. The average Bonchev–Trinajstić information content (AvgIpc) is 2.67. The highest BCUT2D eigenvalue weighted by Gasteiger charge is 2.59. The van der Waals surface area contributed by atoms with Gasteiger partial charge in [0.05, 0.1) is 13.2 Å². The topological polar surface area (TPSA) is 108 Å². The molecule has 0 saturated carbocycles. The lowest BCUT2D eigenvalue weighted by Crippen LogP contribution is -2.66. The van der Waals surface area contributed by atoms with Crippen molar-refractivity contribution >= 4 is 11.8 Å². The zero-order chi connectivity index (χ0) is 21.4. The number of alkyl halides is 3. The number of benzene rings is 2. The van der Waals surface area contributed by atoms with Crippen LogP contribution in [0.15, 0.2) is 48.5 Å². The Kier molecular flexibility index (Phi) is 5.14. The summed E-state index contributed by atoms with van der Waals surface area (Å²) in [7, 11) is 1.23. The number of carbonyl (C=O) groups excluding carboxylic acids is 2. The Hall–Kier alpha value is -3.27. The lowest BCUT2D eigenvalue weighted by Gasteiger charge is -2.45. The van der Waals surface area contributed by atoms with Crippen LogP contribution < -0.4 is 15.4 Å². The fourth-order valence-corrected chi connectivity index (χ4v) is 3.38. The molecule has 0 unspecified atom stereocenters. The SMILES string of the molecule is COc1cc([C@@H]2NC(=O)N[C@@](O)(c3ccccc3)[C@H]2C(=O)C(F)(F)F)ccc1O. The number of hydrogen-bond acceptors (Lipinski definition) is 5. The number of ketones is 1. The van der Waals surface area contributed by atoms with Gasteiger partial charge >= 0.3 is 12.2 Å². The van der Waals surface area contributed by atoms with Gasteiger partial charge in [-0.05, 0) is 17.7 Å². The quantitative estimate of drug-likeness (QED) is 0.619. The molecule has 29 heavy (non-hydrogen) atoms. The van der Waals surface area contributed by atoms with Gasteiger partial charge in [0.2, 0.25) is 5.78 Å². The van der Waals surface area contributed by atoms with E-state index < -0.39 is 35.7 Å². The second kappa shape index (κ2) is 7.28. The minimum Gasteiger partial charge on any atom is -0.504 e. The van der Waals surface area contributed by atoms with Crippen LogP contribution in [0.5, 0.6) is 11.5 Å². The summed E-state index contributed by atoms with van der Waals surface area (Å²) in [5.74, 6) is -4.74. The maximum Gasteiger partial charge on any atom is 0.450 e. The van der Waals surface area contributed by atoms with Crippen LogP contribution >= 0.6 is 0 Å². The van der Waals surface area contributed by atoms with Crippen LogP contribution in [0, 0.1) is 5.92 Å². The molecule has 2 aromatic rings. The smallest absolute Gasteiger partial charge is 0.450 e. The molecule has 0 aliphatic carbocycles. The van der Waals surface area contributed by atoms with E-state index in [0.29, 0.717) is 0 Å². The van der Waals surface area contributed by atoms with Gasteiger partial charge in [-0.3, -0.25) is 4.79 Å². The first-order valence-corrected chi connectivity index (χ1v) is 8.42. The summed E-state index contributed by atoms with van der Waals surface area (Å²) in [4.78, 5) is 24.6. The molecule has 154 valence electrons. The number of nitrogens with one attached hydrogen (secondary N) is 2. The average molecular weight is 410 g/mol. The molecule has 0 bridgehead atoms. The van der Waals surface area contributed by atoms with Crippen molar-refractivity contribution in [3.8, 4) is 11.5 Å². The lowest BCUT2D eigenvalue weighted by atomic mass is 9.76. The third kappa shape index (κ3) is 3.70. The van der Waals surface area contributed by atoms with Gasteiger partial charge in [-0.15, -0.1) is 0 Å². The van der Waals surface area contributed by atoms with Crippen LogP contribution in [-0.4, -0.2) is 35.3 Å². The van der Waals surface area contributed by atoms with Crippen molar-refractivity contribution in [3.05, 3.63) is 59.7 Å². The van der Waals surface area contributed by atoms with E-state index in [4.69, 9.17) is 4.74 Å². The summed E-state index contributed by atoms with van der Waals surface area (Å²) >= 11 is 0. The molecule has 1 heterocycles. The number of halogens is 3. The first-order valence-electron chi connectivity index (χ1n) is 8.42. The summed E-state index contributed by atoms with van der Waals surface area (Å²) in [5.41, 5.74) is -2.69. The molecule has 1 aliphatic rings. The molecule has 3 atom stereocenters. The van der Waals surface area contributed by atoms with Gasteiger partial charge in [0.15, 0.2) is 17.2 Å². The van der Waals surface area contributed by atoms with Crippen molar-refractivity contribution < 1.29 is 37.7 Å². The largest absolute Gasteiger partial charge is 0.504 e. The van der Waals surface area contributed by atoms with E-state index in [-0.39, 0.29) is 22.6 Å². The highest BCUT2D eigenvalue weighted by atomic mass is 19.4. The predicted molar refractivity (Wildman–Crippen MR) is 94.0 cm³/mol. The van der Waals surface area contributed by atoms with E-state index in [0.717, 1.165) is 6.07 Å². The van der Waals surface area contributed by atoms with Crippen LogP contribution in [0.3, 0.4) is 0 Å². The van der Waals surface area contributed by atoms with Crippen molar-refractivity contribution in [1.82, 2.24) is 10.6 Å². The number of rotatable bonds is 4. The number of ether oxygens (including phenoxy) is 1. The molecule has 1 aliphatic heterocycles. The number of methoxy groups -OCH3 is 1. The second-order valence-electron chi connectivity index (χ2n) is 6.48. The van der Waals surface area contributed by atoms with Crippen molar-refractivity contribution in [2.24, 2.45) is 5.92 Å². The zero-order valence-electron chi connectivity index (χ0n) is 15.0. The van der Waals surface area contributed by atoms with Gasteiger partial charge in [0.1, 0.15) is 5.92 Å². The van der Waals surface area contributed by atoms with Gasteiger partial charge in [-0.1, -0.05) is 36.4 Å². The molecule has 2 aromatic carbocycles. The summed E-state index contributed by atoms with van der Waals surface area (Å²) in [6.07, 6.45) is -5.28. The number of phenols is 1. The Labute approximate surface area is 163 Å². The van der Waals surface area contributed by atoms with Crippen LogP contribution in [0.25, 0.3) is 0 Å². The molecule has 0 spiro atoms. The Balaban J connectivity index is 2.20. The van der Waals surface area contributed by atoms with Crippen LogP contribution in [0.4, 0.5) is 18.0 Å². The summed E-state index contributed by atoms with van der Waals surface area (Å²) in [6, 6.07) is 8.12.